The fourth-order valence-corrected chi connectivity index (χ4v) is 2.78. The molecule has 4 nitrogen and oxygen atoms in total. The van der Waals surface area contributed by atoms with Gasteiger partial charge in [-0.05, 0) is 42.3 Å². The first-order valence-electron chi connectivity index (χ1n) is 8.76. The van der Waals surface area contributed by atoms with Crippen LogP contribution >= 0.6 is 0 Å². The highest BCUT2D eigenvalue weighted by Crippen LogP contribution is 2.26. The molecular formula is C21H27NO3. The predicted octanol–water partition coefficient (Wildman–Crippen LogP) is 4.00. The molecular weight excluding hydrogens is 314 g/mol. The zero-order chi connectivity index (χ0) is 18.1. The van der Waals surface area contributed by atoms with Crippen molar-refractivity contribution in [3.05, 3.63) is 59.7 Å². The molecule has 4 heteroatoms. The molecule has 0 unspecified atom stereocenters. The summed E-state index contributed by atoms with van der Waals surface area (Å²) >= 11 is 0. The number of hydrogen-bond acceptors (Lipinski definition) is 4. The van der Waals surface area contributed by atoms with E-state index in [4.69, 9.17) is 9.47 Å². The van der Waals surface area contributed by atoms with Gasteiger partial charge in [-0.2, -0.15) is 0 Å². The van der Waals surface area contributed by atoms with Gasteiger partial charge in [0.05, 0.1) is 18.8 Å². The minimum atomic E-state index is -0.275. The van der Waals surface area contributed by atoms with E-state index in [-0.39, 0.29) is 5.97 Å². The van der Waals surface area contributed by atoms with E-state index in [9.17, 15) is 4.79 Å². The summed E-state index contributed by atoms with van der Waals surface area (Å²) in [5, 5.41) is 0. The molecule has 0 amide bonds. The van der Waals surface area contributed by atoms with Crippen molar-refractivity contribution in [2.75, 3.05) is 33.4 Å². The molecule has 2 aromatic rings. The van der Waals surface area contributed by atoms with Crippen LogP contribution in [0.2, 0.25) is 0 Å². The number of hydrogen-bond donors (Lipinski definition) is 0. The predicted molar refractivity (Wildman–Crippen MR) is 101 cm³/mol. The second-order valence-corrected chi connectivity index (χ2v) is 5.82. The van der Waals surface area contributed by atoms with Crippen molar-refractivity contribution in [3.63, 3.8) is 0 Å². The summed E-state index contributed by atoms with van der Waals surface area (Å²) in [5.74, 6) is -0.275. The number of nitrogens with zero attached hydrogens (tertiary/aromatic N) is 1. The Morgan fingerprint density at radius 2 is 1.84 bits per heavy atom. The lowest BCUT2D eigenvalue weighted by Gasteiger charge is -2.22. The highest BCUT2D eigenvalue weighted by atomic mass is 16.5. The van der Waals surface area contributed by atoms with E-state index in [1.54, 1.807) is 7.11 Å². The normalized spacial score (nSPS) is 10.9. The van der Waals surface area contributed by atoms with Crippen molar-refractivity contribution in [1.29, 1.82) is 0 Å². The van der Waals surface area contributed by atoms with Crippen molar-refractivity contribution in [1.82, 2.24) is 4.90 Å². The van der Waals surface area contributed by atoms with Crippen LogP contribution in [0.4, 0.5) is 0 Å². The summed E-state index contributed by atoms with van der Waals surface area (Å²) in [6.45, 7) is 7.55. The molecule has 25 heavy (non-hydrogen) atoms. The minimum Gasteiger partial charge on any atom is -0.462 e. The lowest BCUT2D eigenvalue weighted by molar-refractivity contribution is 0.0526. The molecule has 0 aliphatic carbocycles. The summed E-state index contributed by atoms with van der Waals surface area (Å²) in [4.78, 5) is 14.4. The van der Waals surface area contributed by atoms with E-state index in [0.717, 1.165) is 36.3 Å². The maximum absolute atomic E-state index is 12.1. The molecule has 0 fully saturated rings. The van der Waals surface area contributed by atoms with Crippen LogP contribution < -0.4 is 0 Å². The third-order valence-electron chi connectivity index (χ3n) is 4.15. The van der Waals surface area contributed by atoms with E-state index < -0.39 is 0 Å². The maximum atomic E-state index is 12.1. The van der Waals surface area contributed by atoms with Crippen molar-refractivity contribution < 1.29 is 14.3 Å². The number of benzene rings is 2. The molecule has 0 aromatic heterocycles. The maximum Gasteiger partial charge on any atom is 0.338 e. The zero-order valence-corrected chi connectivity index (χ0v) is 15.3. The Morgan fingerprint density at radius 3 is 2.48 bits per heavy atom. The number of methoxy groups -OCH3 is 1. The van der Waals surface area contributed by atoms with Gasteiger partial charge < -0.3 is 9.47 Å². The van der Waals surface area contributed by atoms with E-state index >= 15 is 0 Å². The Hall–Kier alpha value is -2.17. The van der Waals surface area contributed by atoms with Gasteiger partial charge in [-0.25, -0.2) is 4.79 Å². The number of likely N-dealkylation sites (N-methyl/N-ethyl adjacent to an activating group) is 1. The molecule has 0 radical (unpaired) electrons. The SMILES string of the molecule is CCOC(=O)c1ccc(-c2ccccc2)c(CN(CC)CCOC)c1. The van der Waals surface area contributed by atoms with Crippen molar-refractivity contribution in [3.8, 4) is 11.1 Å². The molecule has 134 valence electrons. The first-order chi connectivity index (χ1) is 12.2. The van der Waals surface area contributed by atoms with Crippen LogP contribution in [0.15, 0.2) is 48.5 Å². The standard InChI is InChI=1S/C21H27NO3/c1-4-22(13-14-24-3)16-19-15-18(21(23)25-5-2)11-12-20(19)17-9-7-6-8-10-17/h6-12,15H,4-5,13-14,16H2,1-3H3. The van der Waals surface area contributed by atoms with E-state index in [1.807, 2.05) is 43.3 Å². The van der Waals surface area contributed by atoms with Crippen molar-refractivity contribution >= 4 is 5.97 Å². The lowest BCUT2D eigenvalue weighted by atomic mass is 9.97. The van der Waals surface area contributed by atoms with Crippen molar-refractivity contribution in [2.45, 2.75) is 20.4 Å². The molecule has 2 aromatic carbocycles. The topological polar surface area (TPSA) is 38.8 Å². The van der Waals surface area contributed by atoms with Gasteiger partial charge in [0.25, 0.3) is 0 Å². The van der Waals surface area contributed by atoms with Gasteiger partial charge in [-0.1, -0.05) is 43.3 Å². The van der Waals surface area contributed by atoms with E-state index in [1.165, 1.54) is 0 Å². The quantitative estimate of drug-likeness (QED) is 0.646. The fourth-order valence-electron chi connectivity index (χ4n) is 2.78. The summed E-state index contributed by atoms with van der Waals surface area (Å²) in [5.41, 5.74) is 4.01. The molecule has 0 aliphatic rings. The molecule has 0 atom stereocenters. The Morgan fingerprint density at radius 1 is 1.08 bits per heavy atom. The Labute approximate surface area is 150 Å². The fraction of sp³-hybridized carbons (Fsp3) is 0.381. The molecule has 2 rings (SSSR count). The number of ether oxygens (including phenoxy) is 2. The Kier molecular flexibility index (Phi) is 7.64. The van der Waals surface area contributed by atoms with E-state index in [2.05, 4.69) is 24.0 Å². The van der Waals surface area contributed by atoms with Gasteiger partial charge in [-0.15, -0.1) is 0 Å². The minimum absolute atomic E-state index is 0.275. The van der Waals surface area contributed by atoms with Crippen LogP contribution in [0.3, 0.4) is 0 Å². The van der Waals surface area contributed by atoms with E-state index in [0.29, 0.717) is 18.8 Å². The van der Waals surface area contributed by atoms with Crippen LogP contribution in [0.5, 0.6) is 0 Å². The third kappa shape index (κ3) is 5.41. The summed E-state index contributed by atoms with van der Waals surface area (Å²) in [6, 6.07) is 16.1. The van der Waals surface area contributed by atoms with Gasteiger partial charge in [0.15, 0.2) is 0 Å². The number of esters is 1. The molecule has 0 bridgehead atoms. The highest BCUT2D eigenvalue weighted by Gasteiger charge is 2.14. The Bertz CT molecular complexity index is 670. The van der Waals surface area contributed by atoms with Gasteiger partial charge in [0, 0.05) is 20.2 Å². The number of rotatable bonds is 9. The monoisotopic (exact) mass is 341 g/mol. The molecule has 0 heterocycles. The van der Waals surface area contributed by atoms with Crippen LogP contribution in [-0.2, 0) is 16.0 Å². The lowest BCUT2D eigenvalue weighted by Crippen LogP contribution is -2.27. The second kappa shape index (κ2) is 9.97. The molecule has 0 spiro atoms. The van der Waals surface area contributed by atoms with Crippen LogP contribution in [-0.4, -0.2) is 44.3 Å². The number of carbonyl (C=O) groups is 1. The first-order valence-corrected chi connectivity index (χ1v) is 8.76. The average Bonchev–Trinajstić information content (AvgIpc) is 2.65. The highest BCUT2D eigenvalue weighted by molar-refractivity contribution is 5.90. The van der Waals surface area contributed by atoms with Gasteiger partial charge in [-0.3, -0.25) is 4.90 Å². The molecule has 0 aliphatic heterocycles. The zero-order valence-electron chi connectivity index (χ0n) is 15.3. The summed E-state index contributed by atoms with van der Waals surface area (Å²) in [6.07, 6.45) is 0. The van der Waals surface area contributed by atoms with Crippen molar-refractivity contribution in [2.24, 2.45) is 0 Å². The largest absolute Gasteiger partial charge is 0.462 e. The first kappa shape index (κ1) is 19.2. The molecule has 0 saturated carbocycles. The van der Waals surface area contributed by atoms with Gasteiger partial charge in [0.2, 0.25) is 0 Å². The number of carbonyl (C=O) groups excluding carboxylic acids is 1. The third-order valence-corrected chi connectivity index (χ3v) is 4.15. The average molecular weight is 341 g/mol. The van der Waals surface area contributed by atoms with Crippen LogP contribution in [0.1, 0.15) is 29.8 Å². The summed E-state index contributed by atoms with van der Waals surface area (Å²) in [7, 11) is 1.71. The van der Waals surface area contributed by atoms with Crippen LogP contribution in [0, 0.1) is 0 Å². The van der Waals surface area contributed by atoms with Gasteiger partial charge in [0.1, 0.15) is 0 Å². The molecule has 0 saturated heterocycles. The summed E-state index contributed by atoms with van der Waals surface area (Å²) < 4.78 is 10.4. The van der Waals surface area contributed by atoms with Gasteiger partial charge >= 0.3 is 5.97 Å². The molecule has 0 N–H and O–H groups in total. The second-order valence-electron chi connectivity index (χ2n) is 5.82. The Balaban J connectivity index is 2.36. The van der Waals surface area contributed by atoms with Crippen LogP contribution in [0.25, 0.3) is 11.1 Å². The smallest absolute Gasteiger partial charge is 0.338 e.